The second-order valence-electron chi connectivity index (χ2n) is 4.80. The van der Waals surface area contributed by atoms with Gasteiger partial charge in [0.15, 0.2) is 5.82 Å². The molecule has 1 heterocycles. The van der Waals surface area contributed by atoms with Gasteiger partial charge in [-0.1, -0.05) is 6.07 Å². The number of aromatic amines is 1. The van der Waals surface area contributed by atoms with Crippen LogP contribution in [0.15, 0.2) is 18.2 Å². The number of aryl methyl sites for hydroxylation is 1. The molecule has 0 fully saturated rings. The van der Waals surface area contributed by atoms with Crippen molar-refractivity contribution in [3.05, 3.63) is 29.8 Å². The number of imidazole rings is 1. The number of benzene rings is 1. The lowest BCUT2D eigenvalue weighted by Gasteiger charge is -2.11. The molecule has 1 atom stereocenters. The maximum atomic E-state index is 13.5. The fraction of sp³-hybridized carbons (Fsp3) is 0.429. The van der Waals surface area contributed by atoms with Gasteiger partial charge in [0.05, 0.1) is 5.52 Å². The Hall–Kier alpha value is -1.95. The van der Waals surface area contributed by atoms with E-state index in [0.29, 0.717) is 29.7 Å². The normalized spacial score (nSPS) is 12.6. The molecule has 2 rings (SSSR count). The van der Waals surface area contributed by atoms with Crippen molar-refractivity contribution in [1.82, 2.24) is 15.3 Å². The summed E-state index contributed by atoms with van der Waals surface area (Å²) in [6.07, 6.45) is 1.23. The molecule has 0 spiro atoms. The molecule has 20 heavy (non-hydrogen) atoms. The Kier molecular flexibility index (Phi) is 4.68. The Morgan fingerprint density at radius 1 is 1.55 bits per heavy atom. The number of carbonyl (C=O) groups excluding carboxylic acids is 1. The van der Waals surface area contributed by atoms with E-state index in [0.717, 1.165) is 0 Å². The summed E-state index contributed by atoms with van der Waals surface area (Å²) in [5.41, 5.74) is 0.936. The molecule has 0 radical (unpaired) electrons. The average Bonchev–Trinajstić information content (AvgIpc) is 2.81. The zero-order chi connectivity index (χ0) is 14.5. The van der Waals surface area contributed by atoms with E-state index in [1.807, 2.05) is 6.92 Å². The third-order valence-electron chi connectivity index (χ3n) is 3.07. The van der Waals surface area contributed by atoms with Gasteiger partial charge in [-0.15, -0.1) is 0 Å². The van der Waals surface area contributed by atoms with Crippen molar-refractivity contribution in [1.29, 1.82) is 0 Å². The molecular formula is C14H18FN3O2. The third kappa shape index (κ3) is 3.54. The Labute approximate surface area is 116 Å². The Bertz CT molecular complexity index is 597. The first-order chi connectivity index (χ1) is 9.60. The summed E-state index contributed by atoms with van der Waals surface area (Å²) in [5, 5.41) is 11.5. The van der Waals surface area contributed by atoms with Crippen LogP contribution < -0.4 is 5.32 Å². The van der Waals surface area contributed by atoms with Crippen molar-refractivity contribution in [2.45, 2.75) is 32.2 Å². The van der Waals surface area contributed by atoms with E-state index in [1.54, 1.807) is 12.1 Å². The number of hydrogen-bond acceptors (Lipinski definition) is 3. The van der Waals surface area contributed by atoms with Gasteiger partial charge < -0.3 is 15.4 Å². The number of halogens is 1. The fourth-order valence-electron chi connectivity index (χ4n) is 2.01. The molecule has 0 saturated carbocycles. The number of aliphatic hydroxyl groups is 1. The summed E-state index contributed by atoms with van der Waals surface area (Å²) in [7, 11) is 0. The van der Waals surface area contributed by atoms with Crippen LogP contribution in [0.5, 0.6) is 0 Å². The molecule has 5 nitrogen and oxygen atoms in total. The molecule has 3 N–H and O–H groups in total. The van der Waals surface area contributed by atoms with Gasteiger partial charge in [0.25, 0.3) is 0 Å². The number of aliphatic hydroxyl groups excluding tert-OH is 1. The number of para-hydroxylation sites is 1. The molecule has 1 unspecified atom stereocenters. The molecule has 0 aliphatic heterocycles. The van der Waals surface area contributed by atoms with Crippen LogP contribution in [-0.4, -0.2) is 33.6 Å². The van der Waals surface area contributed by atoms with Gasteiger partial charge in [-0.25, -0.2) is 9.37 Å². The van der Waals surface area contributed by atoms with Crippen LogP contribution in [0.3, 0.4) is 0 Å². The Morgan fingerprint density at radius 3 is 3.05 bits per heavy atom. The molecule has 0 bridgehead atoms. The van der Waals surface area contributed by atoms with Gasteiger partial charge in [-0.3, -0.25) is 4.79 Å². The number of rotatable bonds is 6. The lowest BCUT2D eigenvalue weighted by atomic mass is 10.2. The second kappa shape index (κ2) is 6.47. The van der Waals surface area contributed by atoms with Gasteiger partial charge in [-0.05, 0) is 25.5 Å². The number of nitrogens with one attached hydrogen (secondary N) is 2. The number of amides is 1. The summed E-state index contributed by atoms with van der Waals surface area (Å²) in [5.74, 6) is 0.118. The van der Waals surface area contributed by atoms with Crippen LogP contribution in [0.25, 0.3) is 11.0 Å². The van der Waals surface area contributed by atoms with Crippen LogP contribution >= 0.6 is 0 Å². The molecule has 2 aromatic rings. The van der Waals surface area contributed by atoms with Gasteiger partial charge in [0, 0.05) is 25.5 Å². The predicted octanol–water partition coefficient (Wildman–Crippen LogP) is 1.52. The fourth-order valence-corrected chi connectivity index (χ4v) is 2.01. The van der Waals surface area contributed by atoms with Gasteiger partial charge in [-0.2, -0.15) is 0 Å². The zero-order valence-corrected chi connectivity index (χ0v) is 11.3. The Balaban J connectivity index is 1.92. The van der Waals surface area contributed by atoms with Crippen LogP contribution in [0.2, 0.25) is 0 Å². The highest BCUT2D eigenvalue weighted by molar-refractivity contribution is 5.77. The van der Waals surface area contributed by atoms with E-state index in [4.69, 9.17) is 5.11 Å². The first-order valence-electron chi connectivity index (χ1n) is 6.63. The predicted molar refractivity (Wildman–Crippen MR) is 73.7 cm³/mol. The largest absolute Gasteiger partial charge is 0.396 e. The minimum Gasteiger partial charge on any atom is -0.396 e. The minimum absolute atomic E-state index is 0.0459. The zero-order valence-electron chi connectivity index (χ0n) is 11.3. The van der Waals surface area contributed by atoms with Crippen LogP contribution in [-0.2, 0) is 11.2 Å². The van der Waals surface area contributed by atoms with Crippen molar-refractivity contribution >= 4 is 16.9 Å². The third-order valence-corrected chi connectivity index (χ3v) is 3.07. The lowest BCUT2D eigenvalue weighted by molar-refractivity contribution is -0.121. The monoisotopic (exact) mass is 279 g/mol. The second-order valence-corrected chi connectivity index (χ2v) is 4.80. The molecule has 1 aromatic heterocycles. The van der Waals surface area contributed by atoms with Gasteiger partial charge >= 0.3 is 0 Å². The van der Waals surface area contributed by atoms with Crippen molar-refractivity contribution in [2.75, 3.05) is 6.61 Å². The van der Waals surface area contributed by atoms with Gasteiger partial charge in [0.1, 0.15) is 11.3 Å². The maximum Gasteiger partial charge on any atom is 0.220 e. The van der Waals surface area contributed by atoms with E-state index < -0.39 is 0 Å². The van der Waals surface area contributed by atoms with E-state index in [1.165, 1.54) is 6.07 Å². The highest BCUT2D eigenvalue weighted by Gasteiger charge is 2.10. The molecule has 108 valence electrons. The minimum atomic E-state index is -0.369. The van der Waals surface area contributed by atoms with E-state index in [9.17, 15) is 9.18 Å². The van der Waals surface area contributed by atoms with Crippen LogP contribution in [0.4, 0.5) is 4.39 Å². The first kappa shape index (κ1) is 14.5. The quantitative estimate of drug-likeness (QED) is 0.750. The van der Waals surface area contributed by atoms with Crippen molar-refractivity contribution < 1.29 is 14.3 Å². The van der Waals surface area contributed by atoms with E-state index >= 15 is 0 Å². The topological polar surface area (TPSA) is 78.0 Å². The molecule has 6 heteroatoms. The van der Waals surface area contributed by atoms with Crippen LogP contribution in [0, 0.1) is 5.82 Å². The summed E-state index contributed by atoms with van der Waals surface area (Å²) >= 11 is 0. The van der Waals surface area contributed by atoms with Crippen molar-refractivity contribution in [3.63, 3.8) is 0 Å². The molecule has 1 aromatic carbocycles. The number of hydrogen-bond donors (Lipinski definition) is 3. The highest BCUT2D eigenvalue weighted by atomic mass is 19.1. The summed E-state index contributed by atoms with van der Waals surface area (Å²) in [6, 6.07) is 4.66. The average molecular weight is 279 g/mol. The Morgan fingerprint density at radius 2 is 2.35 bits per heavy atom. The summed E-state index contributed by atoms with van der Waals surface area (Å²) in [6.45, 7) is 1.88. The van der Waals surface area contributed by atoms with Crippen molar-refractivity contribution in [2.24, 2.45) is 0 Å². The number of carbonyl (C=O) groups is 1. The molecule has 0 aliphatic carbocycles. The smallest absolute Gasteiger partial charge is 0.220 e. The highest BCUT2D eigenvalue weighted by Crippen LogP contribution is 2.15. The summed E-state index contributed by atoms with van der Waals surface area (Å²) < 4.78 is 13.5. The SMILES string of the molecule is CC(CCO)NC(=O)CCc1nc2c(F)cccc2[nH]1. The van der Waals surface area contributed by atoms with E-state index in [2.05, 4.69) is 15.3 Å². The number of H-pyrrole nitrogens is 1. The number of aromatic nitrogens is 2. The lowest BCUT2D eigenvalue weighted by Crippen LogP contribution is -2.33. The van der Waals surface area contributed by atoms with E-state index in [-0.39, 0.29) is 30.8 Å². The number of nitrogens with zero attached hydrogens (tertiary/aromatic N) is 1. The summed E-state index contributed by atoms with van der Waals surface area (Å²) in [4.78, 5) is 18.8. The number of fused-ring (bicyclic) bond motifs is 1. The molecular weight excluding hydrogens is 261 g/mol. The standard InChI is InChI=1S/C14H18FN3O2/c1-9(7-8-19)16-13(20)6-5-12-17-11-4-2-3-10(15)14(11)18-12/h2-4,9,19H,5-8H2,1H3,(H,16,20)(H,17,18). The first-order valence-corrected chi connectivity index (χ1v) is 6.63. The maximum absolute atomic E-state index is 13.5. The molecule has 0 saturated heterocycles. The van der Waals surface area contributed by atoms with Crippen LogP contribution in [0.1, 0.15) is 25.6 Å². The van der Waals surface area contributed by atoms with Crippen molar-refractivity contribution in [3.8, 4) is 0 Å². The molecule has 1 amide bonds. The van der Waals surface area contributed by atoms with Gasteiger partial charge in [0.2, 0.25) is 5.91 Å². The molecule has 0 aliphatic rings.